The largest absolute Gasteiger partial charge is 0.396 e. The molecule has 2 N–H and O–H groups in total. The zero-order valence-corrected chi connectivity index (χ0v) is 10.9. The van der Waals surface area contributed by atoms with Gasteiger partial charge in [-0.05, 0) is 30.9 Å². The Balaban J connectivity index is 1.87. The number of nitrogens with one attached hydrogen (secondary N) is 1. The van der Waals surface area contributed by atoms with Crippen LogP contribution in [-0.4, -0.2) is 36.5 Å². The first-order chi connectivity index (χ1) is 9.60. The molecule has 20 heavy (non-hydrogen) atoms. The fraction of sp³-hybridized carbons (Fsp3) is 0.429. The number of aliphatic hydroxyl groups is 1. The van der Waals surface area contributed by atoms with E-state index in [1.165, 1.54) is 6.07 Å². The van der Waals surface area contributed by atoms with Crippen LogP contribution in [0, 0.1) is 11.7 Å². The number of fused-ring (bicyclic) bond motifs is 1. The molecule has 0 radical (unpaired) electrons. The van der Waals surface area contributed by atoms with Crippen LogP contribution in [-0.2, 0) is 4.79 Å². The lowest BCUT2D eigenvalue weighted by molar-refractivity contribution is -0.112. The lowest BCUT2D eigenvalue weighted by Gasteiger charge is -2.20. The van der Waals surface area contributed by atoms with E-state index in [2.05, 4.69) is 5.32 Å². The Morgan fingerprint density at radius 1 is 1.40 bits per heavy atom. The van der Waals surface area contributed by atoms with Crippen molar-refractivity contribution in [1.82, 2.24) is 0 Å². The number of carbonyl (C=O) groups excluding carboxylic acids is 2. The summed E-state index contributed by atoms with van der Waals surface area (Å²) < 4.78 is 14.1. The lowest BCUT2D eigenvalue weighted by Crippen LogP contribution is -2.21. The summed E-state index contributed by atoms with van der Waals surface area (Å²) in [5.74, 6) is -1.54. The van der Waals surface area contributed by atoms with E-state index in [0.717, 1.165) is 12.5 Å². The molecule has 106 valence electrons. The maximum Gasteiger partial charge on any atom is 0.296 e. The van der Waals surface area contributed by atoms with Gasteiger partial charge in [0.25, 0.3) is 11.7 Å². The highest BCUT2D eigenvalue weighted by atomic mass is 19.1. The predicted octanol–water partition coefficient (Wildman–Crippen LogP) is 1.17. The van der Waals surface area contributed by atoms with Crippen LogP contribution >= 0.6 is 0 Å². The number of nitrogens with zero attached hydrogens (tertiary/aromatic N) is 1. The Bertz CT molecular complexity index is 588. The van der Waals surface area contributed by atoms with Crippen LogP contribution in [0.5, 0.6) is 0 Å². The second-order valence-corrected chi connectivity index (χ2v) is 5.25. The van der Waals surface area contributed by atoms with Gasteiger partial charge in [0.05, 0.1) is 16.9 Å². The number of anilines is 2. The summed E-state index contributed by atoms with van der Waals surface area (Å²) in [6.45, 7) is 1.52. The molecular formula is C14H15FN2O3. The summed E-state index contributed by atoms with van der Waals surface area (Å²) in [4.78, 5) is 24.7. The molecule has 0 spiro atoms. The summed E-state index contributed by atoms with van der Waals surface area (Å²) in [5, 5.41) is 11.4. The summed E-state index contributed by atoms with van der Waals surface area (Å²) in [7, 11) is 0. The molecule has 1 saturated heterocycles. The Labute approximate surface area is 115 Å². The monoisotopic (exact) mass is 278 g/mol. The Kier molecular flexibility index (Phi) is 3.17. The third-order valence-corrected chi connectivity index (χ3v) is 3.95. The molecule has 0 saturated carbocycles. The highest BCUT2D eigenvalue weighted by Crippen LogP contribution is 2.34. The van der Waals surface area contributed by atoms with Gasteiger partial charge >= 0.3 is 0 Å². The predicted molar refractivity (Wildman–Crippen MR) is 71.4 cm³/mol. The van der Waals surface area contributed by atoms with E-state index in [4.69, 9.17) is 5.11 Å². The van der Waals surface area contributed by atoms with Gasteiger partial charge in [0.2, 0.25) is 0 Å². The second-order valence-electron chi connectivity index (χ2n) is 5.25. The molecule has 0 bridgehead atoms. The number of amides is 1. The number of rotatable bonds is 3. The van der Waals surface area contributed by atoms with E-state index in [-0.39, 0.29) is 12.2 Å². The van der Waals surface area contributed by atoms with Crippen molar-refractivity contribution in [3.05, 3.63) is 23.5 Å². The standard InChI is InChI=1S/C14H15FN2O3/c15-10-5-9-11(16-14(20)13(9)19)6-12(10)17-3-1-8(7-17)2-4-18/h5-6,8,18H,1-4,7H2,(H,16,19,20). The second kappa shape index (κ2) is 4.86. The van der Waals surface area contributed by atoms with E-state index in [1.54, 1.807) is 0 Å². The summed E-state index contributed by atoms with van der Waals surface area (Å²) in [6.07, 6.45) is 1.61. The minimum atomic E-state index is -0.712. The molecule has 1 unspecified atom stereocenters. The number of hydrogen-bond acceptors (Lipinski definition) is 4. The Morgan fingerprint density at radius 2 is 2.20 bits per heavy atom. The van der Waals surface area contributed by atoms with Gasteiger partial charge in [0.15, 0.2) is 0 Å². The Morgan fingerprint density at radius 3 is 2.95 bits per heavy atom. The fourth-order valence-electron chi connectivity index (χ4n) is 2.87. The maximum atomic E-state index is 14.1. The number of Topliss-reactive ketones (excluding diaryl/α,β-unsaturated/α-hetero) is 1. The van der Waals surface area contributed by atoms with E-state index >= 15 is 0 Å². The van der Waals surface area contributed by atoms with Crippen LogP contribution in [0.3, 0.4) is 0 Å². The molecule has 1 atom stereocenters. The van der Waals surface area contributed by atoms with Gasteiger partial charge in [-0.1, -0.05) is 0 Å². The molecule has 1 aromatic carbocycles. The highest BCUT2D eigenvalue weighted by Gasteiger charge is 2.31. The minimum Gasteiger partial charge on any atom is -0.396 e. The smallest absolute Gasteiger partial charge is 0.296 e. The molecule has 2 heterocycles. The first-order valence-corrected chi connectivity index (χ1v) is 6.65. The van der Waals surface area contributed by atoms with Crippen LogP contribution in [0.2, 0.25) is 0 Å². The number of halogens is 1. The Hall–Kier alpha value is -1.95. The maximum absolute atomic E-state index is 14.1. The zero-order valence-electron chi connectivity index (χ0n) is 10.9. The molecule has 5 nitrogen and oxygen atoms in total. The topological polar surface area (TPSA) is 69.6 Å². The lowest BCUT2D eigenvalue weighted by atomic mass is 10.1. The molecular weight excluding hydrogens is 263 g/mol. The van der Waals surface area contributed by atoms with E-state index in [9.17, 15) is 14.0 Å². The number of hydrogen-bond donors (Lipinski definition) is 2. The van der Waals surface area contributed by atoms with E-state index < -0.39 is 17.5 Å². The third kappa shape index (κ3) is 2.06. The van der Waals surface area contributed by atoms with Crippen molar-refractivity contribution in [2.24, 2.45) is 5.92 Å². The SMILES string of the molecule is O=C1Nc2cc(N3CCC(CCO)C3)c(F)cc2C1=O. The van der Waals surface area contributed by atoms with Crippen LogP contribution < -0.4 is 10.2 Å². The normalized spacial score (nSPS) is 21.3. The molecule has 2 aliphatic heterocycles. The molecule has 0 aromatic heterocycles. The number of carbonyl (C=O) groups is 2. The number of ketones is 1. The molecule has 2 aliphatic rings. The van der Waals surface area contributed by atoms with Crippen molar-refractivity contribution in [2.45, 2.75) is 12.8 Å². The van der Waals surface area contributed by atoms with Crippen molar-refractivity contribution in [3.63, 3.8) is 0 Å². The molecule has 6 heteroatoms. The van der Waals surface area contributed by atoms with Gasteiger partial charge in [-0.3, -0.25) is 9.59 Å². The van der Waals surface area contributed by atoms with Crippen molar-refractivity contribution in [1.29, 1.82) is 0 Å². The van der Waals surface area contributed by atoms with Crippen molar-refractivity contribution < 1.29 is 19.1 Å². The highest BCUT2D eigenvalue weighted by molar-refractivity contribution is 6.51. The third-order valence-electron chi connectivity index (χ3n) is 3.95. The van der Waals surface area contributed by atoms with Gasteiger partial charge in [0.1, 0.15) is 5.82 Å². The van der Waals surface area contributed by atoms with Gasteiger partial charge in [-0.25, -0.2) is 4.39 Å². The number of aliphatic hydroxyl groups excluding tert-OH is 1. The van der Waals surface area contributed by atoms with Crippen LogP contribution in [0.1, 0.15) is 23.2 Å². The van der Waals surface area contributed by atoms with E-state index in [1.807, 2.05) is 4.90 Å². The molecule has 0 aliphatic carbocycles. The van der Waals surface area contributed by atoms with Gasteiger partial charge in [-0.15, -0.1) is 0 Å². The molecule has 1 amide bonds. The van der Waals surface area contributed by atoms with Crippen LogP contribution in [0.4, 0.5) is 15.8 Å². The molecule has 1 aromatic rings. The summed E-state index contributed by atoms with van der Waals surface area (Å²) >= 11 is 0. The van der Waals surface area contributed by atoms with Gasteiger partial charge in [0, 0.05) is 19.7 Å². The molecule has 1 fully saturated rings. The van der Waals surface area contributed by atoms with Crippen LogP contribution in [0.15, 0.2) is 12.1 Å². The summed E-state index contributed by atoms with van der Waals surface area (Å²) in [5.41, 5.74) is 0.878. The number of benzene rings is 1. The fourth-order valence-corrected chi connectivity index (χ4v) is 2.87. The minimum absolute atomic E-state index is 0.0994. The average molecular weight is 278 g/mol. The van der Waals surface area contributed by atoms with Gasteiger partial charge < -0.3 is 15.3 Å². The first kappa shape index (κ1) is 13.1. The average Bonchev–Trinajstić information content (AvgIpc) is 2.97. The first-order valence-electron chi connectivity index (χ1n) is 6.65. The van der Waals surface area contributed by atoms with Crippen LogP contribution in [0.25, 0.3) is 0 Å². The zero-order chi connectivity index (χ0) is 14.3. The summed E-state index contributed by atoms with van der Waals surface area (Å²) in [6, 6.07) is 2.65. The molecule has 3 rings (SSSR count). The van der Waals surface area contributed by atoms with Crippen molar-refractivity contribution in [2.75, 3.05) is 29.9 Å². The van der Waals surface area contributed by atoms with Gasteiger partial charge in [-0.2, -0.15) is 0 Å². The van der Waals surface area contributed by atoms with Crippen molar-refractivity contribution in [3.8, 4) is 0 Å². The quantitative estimate of drug-likeness (QED) is 0.814. The van der Waals surface area contributed by atoms with Crippen molar-refractivity contribution >= 4 is 23.1 Å². The van der Waals surface area contributed by atoms with E-state index in [0.29, 0.717) is 36.8 Å².